The zero-order valence-electron chi connectivity index (χ0n) is 8.85. The van der Waals surface area contributed by atoms with Gasteiger partial charge in [0.15, 0.2) is 5.82 Å². The fourth-order valence-electron chi connectivity index (χ4n) is 1.29. The largest absolute Gasteiger partial charge is 0.348 e. The highest BCUT2D eigenvalue weighted by Crippen LogP contribution is 2.03. The monoisotopic (exact) mass is 235 g/mol. The SMILES string of the molecule is O=C(Cc1ccc(F)cc1)NCc1nn[nH]n1. The Bertz CT molecular complexity index is 482. The van der Waals surface area contributed by atoms with Crippen molar-refractivity contribution in [2.75, 3.05) is 0 Å². The lowest BCUT2D eigenvalue weighted by atomic mass is 10.1. The van der Waals surface area contributed by atoms with Crippen LogP contribution in [0.1, 0.15) is 11.4 Å². The number of amides is 1. The molecule has 17 heavy (non-hydrogen) atoms. The molecule has 1 aromatic heterocycles. The van der Waals surface area contributed by atoms with E-state index in [1.807, 2.05) is 0 Å². The zero-order valence-corrected chi connectivity index (χ0v) is 8.85. The van der Waals surface area contributed by atoms with Gasteiger partial charge in [0.1, 0.15) is 5.82 Å². The molecule has 0 bridgehead atoms. The number of nitrogens with zero attached hydrogens (tertiary/aromatic N) is 3. The molecule has 0 saturated heterocycles. The van der Waals surface area contributed by atoms with Gasteiger partial charge in [-0.15, -0.1) is 10.2 Å². The van der Waals surface area contributed by atoms with Crippen LogP contribution >= 0.6 is 0 Å². The summed E-state index contributed by atoms with van der Waals surface area (Å²) in [5.74, 6) is -0.0835. The predicted molar refractivity (Wildman–Crippen MR) is 56.1 cm³/mol. The molecular formula is C10H10FN5O. The van der Waals surface area contributed by atoms with Gasteiger partial charge in [-0.3, -0.25) is 4.79 Å². The van der Waals surface area contributed by atoms with Gasteiger partial charge in [0.25, 0.3) is 0 Å². The van der Waals surface area contributed by atoms with Gasteiger partial charge < -0.3 is 5.32 Å². The number of aromatic amines is 1. The molecule has 0 unspecified atom stereocenters. The normalized spacial score (nSPS) is 10.2. The lowest BCUT2D eigenvalue weighted by Crippen LogP contribution is -2.25. The number of halogens is 1. The van der Waals surface area contributed by atoms with Crippen molar-refractivity contribution in [1.29, 1.82) is 0 Å². The number of hydrogen-bond acceptors (Lipinski definition) is 4. The fourth-order valence-corrected chi connectivity index (χ4v) is 1.29. The summed E-state index contributed by atoms with van der Waals surface area (Å²) >= 11 is 0. The molecule has 0 atom stereocenters. The number of hydrogen-bond donors (Lipinski definition) is 2. The van der Waals surface area contributed by atoms with Gasteiger partial charge in [-0.2, -0.15) is 5.21 Å². The maximum absolute atomic E-state index is 12.6. The molecular weight excluding hydrogens is 225 g/mol. The topological polar surface area (TPSA) is 83.6 Å². The van der Waals surface area contributed by atoms with Gasteiger partial charge >= 0.3 is 0 Å². The Morgan fingerprint density at radius 3 is 2.76 bits per heavy atom. The van der Waals surface area contributed by atoms with Crippen molar-refractivity contribution in [3.8, 4) is 0 Å². The van der Waals surface area contributed by atoms with E-state index < -0.39 is 0 Å². The Morgan fingerprint density at radius 1 is 1.35 bits per heavy atom. The molecule has 0 aliphatic carbocycles. The summed E-state index contributed by atoms with van der Waals surface area (Å²) < 4.78 is 12.6. The summed E-state index contributed by atoms with van der Waals surface area (Å²) in [7, 11) is 0. The van der Waals surface area contributed by atoms with Crippen LogP contribution in [0.3, 0.4) is 0 Å². The standard InChI is InChI=1S/C10H10FN5O/c11-8-3-1-7(2-4-8)5-10(17)12-6-9-13-15-16-14-9/h1-4H,5-6H2,(H,12,17)(H,13,14,15,16). The summed E-state index contributed by atoms with van der Waals surface area (Å²) in [6.07, 6.45) is 0.193. The minimum Gasteiger partial charge on any atom is -0.348 e. The van der Waals surface area contributed by atoms with Gasteiger partial charge in [-0.1, -0.05) is 17.3 Å². The Kier molecular flexibility index (Phi) is 3.39. The Labute approximate surface area is 96.2 Å². The van der Waals surface area contributed by atoms with Crippen LogP contribution < -0.4 is 5.32 Å². The number of carbonyl (C=O) groups is 1. The second kappa shape index (κ2) is 5.15. The number of benzene rings is 1. The average Bonchev–Trinajstić information content (AvgIpc) is 2.83. The zero-order chi connectivity index (χ0) is 12.1. The molecule has 0 radical (unpaired) electrons. The van der Waals surface area contributed by atoms with Crippen molar-refractivity contribution in [3.05, 3.63) is 41.5 Å². The molecule has 0 aliphatic heterocycles. The van der Waals surface area contributed by atoms with Crippen molar-refractivity contribution >= 4 is 5.91 Å². The number of aromatic nitrogens is 4. The molecule has 1 heterocycles. The van der Waals surface area contributed by atoms with E-state index in [4.69, 9.17) is 0 Å². The molecule has 0 saturated carbocycles. The van der Waals surface area contributed by atoms with E-state index in [9.17, 15) is 9.18 Å². The molecule has 7 heteroatoms. The van der Waals surface area contributed by atoms with E-state index in [0.29, 0.717) is 5.82 Å². The van der Waals surface area contributed by atoms with Crippen LogP contribution in [0.4, 0.5) is 4.39 Å². The average molecular weight is 235 g/mol. The summed E-state index contributed by atoms with van der Waals surface area (Å²) in [6, 6.07) is 5.79. The van der Waals surface area contributed by atoms with Gasteiger partial charge in [-0.25, -0.2) is 4.39 Å². The molecule has 0 spiro atoms. The van der Waals surface area contributed by atoms with Crippen LogP contribution in [-0.4, -0.2) is 26.5 Å². The van der Waals surface area contributed by atoms with Crippen molar-refractivity contribution in [3.63, 3.8) is 0 Å². The molecule has 0 aliphatic rings. The first-order valence-electron chi connectivity index (χ1n) is 4.97. The molecule has 88 valence electrons. The highest BCUT2D eigenvalue weighted by atomic mass is 19.1. The van der Waals surface area contributed by atoms with Gasteiger partial charge in [0.2, 0.25) is 5.91 Å². The van der Waals surface area contributed by atoms with Crippen LogP contribution in [0, 0.1) is 5.82 Å². The Hall–Kier alpha value is -2.31. The smallest absolute Gasteiger partial charge is 0.224 e. The van der Waals surface area contributed by atoms with E-state index in [2.05, 4.69) is 25.9 Å². The van der Waals surface area contributed by atoms with Crippen LogP contribution in [0.15, 0.2) is 24.3 Å². The summed E-state index contributed by atoms with van der Waals surface area (Å²) in [5.41, 5.74) is 0.747. The lowest BCUT2D eigenvalue weighted by molar-refractivity contribution is -0.120. The molecule has 1 amide bonds. The third-order valence-corrected chi connectivity index (χ3v) is 2.11. The number of H-pyrrole nitrogens is 1. The second-order valence-corrected chi connectivity index (χ2v) is 3.41. The first kappa shape index (κ1) is 11.2. The minimum atomic E-state index is -0.319. The van der Waals surface area contributed by atoms with E-state index in [1.54, 1.807) is 12.1 Å². The van der Waals surface area contributed by atoms with Crippen LogP contribution in [0.5, 0.6) is 0 Å². The molecule has 0 fully saturated rings. The molecule has 6 nitrogen and oxygen atoms in total. The number of carbonyl (C=O) groups excluding carboxylic acids is 1. The van der Waals surface area contributed by atoms with Crippen LogP contribution in [0.25, 0.3) is 0 Å². The highest BCUT2D eigenvalue weighted by Gasteiger charge is 2.05. The molecule has 1 aromatic carbocycles. The van der Waals surface area contributed by atoms with E-state index >= 15 is 0 Å². The van der Waals surface area contributed by atoms with E-state index in [1.165, 1.54) is 12.1 Å². The van der Waals surface area contributed by atoms with Crippen molar-refractivity contribution < 1.29 is 9.18 Å². The van der Waals surface area contributed by atoms with Gasteiger partial charge in [0, 0.05) is 0 Å². The summed E-state index contributed by atoms with van der Waals surface area (Å²) in [6.45, 7) is 0.219. The lowest BCUT2D eigenvalue weighted by Gasteiger charge is -2.02. The quantitative estimate of drug-likeness (QED) is 0.792. The maximum atomic E-state index is 12.6. The van der Waals surface area contributed by atoms with Crippen LogP contribution in [-0.2, 0) is 17.8 Å². The maximum Gasteiger partial charge on any atom is 0.224 e. The first-order chi connectivity index (χ1) is 8.24. The van der Waals surface area contributed by atoms with Crippen molar-refractivity contribution in [1.82, 2.24) is 25.9 Å². The van der Waals surface area contributed by atoms with Crippen molar-refractivity contribution in [2.45, 2.75) is 13.0 Å². The van der Waals surface area contributed by atoms with Gasteiger partial charge in [-0.05, 0) is 17.7 Å². The minimum absolute atomic E-state index is 0.179. The molecule has 2 N–H and O–H groups in total. The molecule has 2 aromatic rings. The third-order valence-electron chi connectivity index (χ3n) is 2.11. The first-order valence-corrected chi connectivity index (χ1v) is 4.97. The van der Waals surface area contributed by atoms with E-state index in [-0.39, 0.29) is 24.7 Å². The Morgan fingerprint density at radius 2 is 2.12 bits per heavy atom. The number of rotatable bonds is 4. The van der Waals surface area contributed by atoms with E-state index in [0.717, 1.165) is 5.56 Å². The third kappa shape index (κ3) is 3.33. The second-order valence-electron chi connectivity index (χ2n) is 3.41. The number of tetrazole rings is 1. The summed E-state index contributed by atoms with van der Waals surface area (Å²) in [4.78, 5) is 11.5. The predicted octanol–water partition coefficient (Wildman–Crippen LogP) is 0.198. The fraction of sp³-hybridized carbons (Fsp3) is 0.200. The Balaban J connectivity index is 1.83. The summed E-state index contributed by atoms with van der Waals surface area (Å²) in [5, 5.41) is 15.7. The van der Waals surface area contributed by atoms with Crippen LogP contribution in [0.2, 0.25) is 0 Å². The van der Waals surface area contributed by atoms with Crippen molar-refractivity contribution in [2.24, 2.45) is 0 Å². The molecule has 2 rings (SSSR count). The van der Waals surface area contributed by atoms with Gasteiger partial charge in [0.05, 0.1) is 13.0 Å². The number of nitrogens with one attached hydrogen (secondary N) is 2. The highest BCUT2D eigenvalue weighted by molar-refractivity contribution is 5.78.